The van der Waals surface area contributed by atoms with Gasteiger partial charge in [-0.25, -0.2) is 9.37 Å². The molecule has 2 heterocycles. The normalized spacial score (nSPS) is 14.4. The molecule has 0 spiro atoms. The number of amides is 1. The van der Waals surface area contributed by atoms with E-state index < -0.39 is 0 Å². The molecule has 9 heteroatoms. The Balaban J connectivity index is 1.43. The first kappa shape index (κ1) is 25.9. The number of anilines is 1. The summed E-state index contributed by atoms with van der Waals surface area (Å²) in [5.41, 5.74) is 1.94. The van der Waals surface area contributed by atoms with Crippen molar-refractivity contribution < 1.29 is 18.7 Å². The number of methoxy groups -OCH3 is 1. The number of ether oxygens (including phenoxy) is 2. The van der Waals surface area contributed by atoms with Crippen LogP contribution in [0.25, 0.3) is 10.2 Å². The Morgan fingerprint density at radius 3 is 2.71 bits per heavy atom. The van der Waals surface area contributed by atoms with Gasteiger partial charge in [-0.15, -0.1) is 11.8 Å². The number of halogens is 1. The highest BCUT2D eigenvalue weighted by atomic mass is 32.2. The van der Waals surface area contributed by atoms with Crippen LogP contribution in [0.5, 0.6) is 5.75 Å². The zero-order chi connectivity index (χ0) is 24.6. The zero-order valence-electron chi connectivity index (χ0n) is 20.3. The van der Waals surface area contributed by atoms with Crippen LogP contribution in [-0.2, 0) is 9.53 Å². The zero-order valence-corrected chi connectivity index (χ0v) is 21.9. The van der Waals surface area contributed by atoms with E-state index in [9.17, 15) is 9.18 Å². The van der Waals surface area contributed by atoms with Gasteiger partial charge in [-0.2, -0.15) is 0 Å². The molecule has 3 aromatic rings. The van der Waals surface area contributed by atoms with Crippen LogP contribution in [0, 0.1) is 12.7 Å². The first-order valence-corrected chi connectivity index (χ1v) is 13.8. The van der Waals surface area contributed by atoms with Gasteiger partial charge >= 0.3 is 0 Å². The van der Waals surface area contributed by atoms with Gasteiger partial charge in [0.15, 0.2) is 5.13 Å². The molecular weight excluding hydrogens is 485 g/mol. The van der Waals surface area contributed by atoms with Gasteiger partial charge < -0.3 is 9.47 Å². The predicted octanol–water partition coefficient (Wildman–Crippen LogP) is 5.38. The summed E-state index contributed by atoms with van der Waals surface area (Å²) >= 11 is 3.19. The molecule has 0 saturated carbocycles. The van der Waals surface area contributed by atoms with Crippen LogP contribution >= 0.6 is 23.1 Å². The highest BCUT2D eigenvalue weighted by Gasteiger charge is 2.22. The Kier molecular flexibility index (Phi) is 9.37. The van der Waals surface area contributed by atoms with E-state index in [1.165, 1.54) is 12.1 Å². The van der Waals surface area contributed by atoms with E-state index in [0.29, 0.717) is 13.0 Å². The van der Waals surface area contributed by atoms with Crippen molar-refractivity contribution >= 4 is 44.4 Å². The second kappa shape index (κ2) is 12.7. The smallest absolute Gasteiger partial charge is 0.228 e. The van der Waals surface area contributed by atoms with E-state index in [0.717, 1.165) is 83.0 Å². The number of carbonyl (C=O) groups is 1. The number of rotatable bonds is 11. The molecule has 2 aromatic carbocycles. The van der Waals surface area contributed by atoms with E-state index in [2.05, 4.69) is 11.8 Å². The molecule has 0 bridgehead atoms. The average molecular weight is 518 g/mol. The third-order valence-corrected chi connectivity index (χ3v) is 8.33. The van der Waals surface area contributed by atoms with Gasteiger partial charge in [0.1, 0.15) is 17.1 Å². The van der Waals surface area contributed by atoms with Crippen LogP contribution in [0.3, 0.4) is 0 Å². The molecule has 0 radical (unpaired) electrons. The maximum Gasteiger partial charge on any atom is 0.228 e. The maximum atomic E-state index is 13.4. The third kappa shape index (κ3) is 6.94. The Hall–Kier alpha value is -2.20. The summed E-state index contributed by atoms with van der Waals surface area (Å²) < 4.78 is 25.1. The number of carbonyl (C=O) groups excluding carboxylic acids is 1. The van der Waals surface area contributed by atoms with Gasteiger partial charge in [0.2, 0.25) is 5.91 Å². The fourth-order valence-corrected chi connectivity index (χ4v) is 6.01. The highest BCUT2D eigenvalue weighted by molar-refractivity contribution is 7.99. The number of aromatic nitrogens is 1. The molecular formula is C26H32FN3O3S2. The van der Waals surface area contributed by atoms with E-state index in [1.807, 2.05) is 17.0 Å². The maximum absolute atomic E-state index is 13.4. The molecule has 1 saturated heterocycles. The van der Waals surface area contributed by atoms with Crippen molar-refractivity contribution in [3.63, 3.8) is 0 Å². The summed E-state index contributed by atoms with van der Waals surface area (Å²) in [5.74, 6) is 1.37. The van der Waals surface area contributed by atoms with E-state index in [4.69, 9.17) is 14.5 Å². The first-order valence-electron chi connectivity index (χ1n) is 12.0. The van der Waals surface area contributed by atoms with Crippen molar-refractivity contribution in [3.8, 4) is 5.75 Å². The minimum atomic E-state index is -0.236. The molecule has 1 aliphatic heterocycles. The first-order chi connectivity index (χ1) is 17.0. The fourth-order valence-electron chi connectivity index (χ4n) is 4.06. The summed E-state index contributed by atoms with van der Waals surface area (Å²) in [6, 6.07) is 10.4. The van der Waals surface area contributed by atoms with Crippen LogP contribution in [-0.4, -0.2) is 68.0 Å². The van der Waals surface area contributed by atoms with Crippen LogP contribution in [0.4, 0.5) is 9.52 Å². The number of fused-ring (bicyclic) bond motifs is 1. The number of thiazole rings is 1. The Labute approximate surface area is 214 Å². The molecule has 1 aliphatic rings. The van der Waals surface area contributed by atoms with Gasteiger partial charge in [-0.3, -0.25) is 14.6 Å². The monoisotopic (exact) mass is 517 g/mol. The van der Waals surface area contributed by atoms with Crippen molar-refractivity contribution in [1.29, 1.82) is 0 Å². The molecule has 4 rings (SSSR count). The van der Waals surface area contributed by atoms with E-state index in [-0.39, 0.29) is 11.7 Å². The fraction of sp³-hybridized carbons (Fsp3) is 0.462. The number of hydrogen-bond acceptors (Lipinski definition) is 7. The van der Waals surface area contributed by atoms with Gasteiger partial charge in [-0.1, -0.05) is 17.4 Å². The lowest BCUT2D eigenvalue weighted by atomic mass is 10.2. The summed E-state index contributed by atoms with van der Waals surface area (Å²) in [6.45, 7) is 7.03. The average Bonchev–Trinajstić information content (AvgIpc) is 3.32. The summed E-state index contributed by atoms with van der Waals surface area (Å²) in [6.07, 6.45) is 2.06. The third-order valence-electron chi connectivity index (χ3n) is 6.02. The number of aryl methyl sites for hydroxylation is 1. The van der Waals surface area contributed by atoms with E-state index in [1.54, 1.807) is 42.3 Å². The summed E-state index contributed by atoms with van der Waals surface area (Å²) in [5, 5.41) is 0.728. The van der Waals surface area contributed by atoms with Crippen LogP contribution in [0.2, 0.25) is 0 Å². The van der Waals surface area contributed by atoms with E-state index >= 15 is 0 Å². The van der Waals surface area contributed by atoms with Gasteiger partial charge in [0.25, 0.3) is 0 Å². The molecule has 0 atom stereocenters. The molecule has 1 aromatic heterocycles. The minimum absolute atomic E-state index is 0.0855. The highest BCUT2D eigenvalue weighted by Crippen LogP contribution is 2.36. The molecule has 0 N–H and O–H groups in total. The molecule has 35 heavy (non-hydrogen) atoms. The topological polar surface area (TPSA) is 54.9 Å². The Morgan fingerprint density at radius 2 is 1.97 bits per heavy atom. The molecule has 188 valence electrons. The molecule has 1 fully saturated rings. The Bertz CT molecular complexity index is 1120. The summed E-state index contributed by atoms with van der Waals surface area (Å²) in [7, 11) is 1.65. The van der Waals surface area contributed by atoms with Gasteiger partial charge in [0.05, 0.1) is 25.0 Å². The van der Waals surface area contributed by atoms with Gasteiger partial charge in [0, 0.05) is 37.5 Å². The standard InChI is InChI=1S/C26H32FN3O3S2/c1-19-6-11-22(32-2)24-25(19)35-26(28-24)30(13-4-12-29-14-16-33-17-15-29)23(31)5-3-18-34-21-9-7-20(27)8-10-21/h6-11H,3-5,12-18H2,1-2H3. The SMILES string of the molecule is COc1ccc(C)c2sc(N(CCCN3CCOCC3)C(=O)CCCSc3ccc(F)cc3)nc12. The number of morpholine rings is 1. The lowest BCUT2D eigenvalue weighted by molar-refractivity contribution is -0.118. The number of hydrogen-bond donors (Lipinski definition) is 0. The number of thioether (sulfide) groups is 1. The number of nitrogens with zero attached hydrogens (tertiary/aromatic N) is 3. The number of benzene rings is 2. The Morgan fingerprint density at radius 1 is 1.20 bits per heavy atom. The van der Waals surface area contributed by atoms with Gasteiger partial charge in [-0.05, 0) is 61.4 Å². The van der Waals surface area contributed by atoms with Crippen molar-refractivity contribution in [2.75, 3.05) is 57.2 Å². The predicted molar refractivity (Wildman–Crippen MR) is 141 cm³/mol. The van der Waals surface area contributed by atoms with Crippen LogP contribution in [0.1, 0.15) is 24.8 Å². The van der Waals surface area contributed by atoms with Crippen molar-refractivity contribution in [3.05, 3.63) is 47.8 Å². The molecule has 6 nitrogen and oxygen atoms in total. The lowest BCUT2D eigenvalue weighted by Crippen LogP contribution is -2.39. The second-order valence-electron chi connectivity index (χ2n) is 8.52. The van der Waals surface area contributed by atoms with Crippen molar-refractivity contribution in [2.45, 2.75) is 31.1 Å². The quantitative estimate of drug-likeness (QED) is 0.251. The molecule has 1 amide bonds. The second-order valence-corrected chi connectivity index (χ2v) is 10.7. The van der Waals surface area contributed by atoms with Crippen LogP contribution < -0.4 is 9.64 Å². The summed E-state index contributed by atoms with van der Waals surface area (Å²) in [4.78, 5) is 23.5. The van der Waals surface area contributed by atoms with Crippen molar-refractivity contribution in [1.82, 2.24) is 9.88 Å². The molecule has 0 unspecified atom stereocenters. The largest absolute Gasteiger partial charge is 0.494 e. The van der Waals surface area contributed by atoms with Crippen molar-refractivity contribution in [2.24, 2.45) is 0 Å². The molecule has 0 aliphatic carbocycles. The minimum Gasteiger partial charge on any atom is -0.494 e. The lowest BCUT2D eigenvalue weighted by Gasteiger charge is -2.27. The van der Waals surface area contributed by atoms with Crippen LogP contribution in [0.15, 0.2) is 41.3 Å².